The average Bonchev–Trinajstić information content (AvgIpc) is 3.45. The first-order valence-electron chi connectivity index (χ1n) is 15.6. The quantitative estimate of drug-likeness (QED) is 0.267. The van der Waals surface area contributed by atoms with Crippen LogP contribution in [0.4, 0.5) is 37.1 Å². The lowest BCUT2D eigenvalue weighted by Crippen LogP contribution is -2.56. The van der Waals surface area contributed by atoms with Crippen LogP contribution in [0.3, 0.4) is 0 Å². The topological polar surface area (TPSA) is 114 Å². The fraction of sp³-hybridized carbons (Fsp3) is 0.531. The Kier molecular flexibility index (Phi) is 9.92. The van der Waals surface area contributed by atoms with E-state index in [9.17, 15) is 41.0 Å². The number of alkyl halides is 6. The van der Waals surface area contributed by atoms with Gasteiger partial charge >= 0.3 is 24.4 Å². The number of amides is 1. The van der Waals surface area contributed by atoms with Gasteiger partial charge in [-0.3, -0.25) is 9.48 Å². The van der Waals surface area contributed by atoms with Gasteiger partial charge in [-0.2, -0.15) is 31.4 Å². The Hall–Kier alpha value is -4.37. The van der Waals surface area contributed by atoms with E-state index in [1.54, 1.807) is 47.8 Å². The zero-order valence-corrected chi connectivity index (χ0v) is 26.5. The Morgan fingerprint density at radius 2 is 1.46 bits per heavy atom. The maximum absolute atomic E-state index is 13.7. The molecular formula is C32H36F6N6O4. The normalized spacial score (nSPS) is 23.5. The van der Waals surface area contributed by atoms with Crippen LogP contribution in [0.5, 0.6) is 0 Å². The van der Waals surface area contributed by atoms with Gasteiger partial charge in [0, 0.05) is 61.4 Å². The van der Waals surface area contributed by atoms with Crippen molar-refractivity contribution in [2.24, 2.45) is 13.0 Å². The fourth-order valence-corrected chi connectivity index (χ4v) is 6.65. The number of aryl methyl sites for hydroxylation is 1. The summed E-state index contributed by atoms with van der Waals surface area (Å²) in [6.07, 6.45) is -2.36. The number of carbonyl (C=O) groups excluding carboxylic acids is 1. The van der Waals surface area contributed by atoms with Crippen LogP contribution in [-0.4, -0.2) is 66.0 Å². The number of likely N-dealkylation sites (tertiary alicyclic amines) is 1. The molecule has 3 aromatic rings. The van der Waals surface area contributed by atoms with E-state index in [1.807, 2.05) is 0 Å². The summed E-state index contributed by atoms with van der Waals surface area (Å²) in [6.45, 7) is 3.23. The van der Waals surface area contributed by atoms with Gasteiger partial charge in [0.25, 0.3) is 0 Å². The van der Waals surface area contributed by atoms with Crippen LogP contribution < -0.4 is 4.90 Å². The minimum atomic E-state index is -5.01. The molecule has 0 bridgehead atoms. The van der Waals surface area contributed by atoms with Crippen LogP contribution in [0.2, 0.25) is 0 Å². The molecule has 2 aromatic heterocycles. The number of anilines is 1. The van der Waals surface area contributed by atoms with Gasteiger partial charge in [-0.15, -0.1) is 0 Å². The highest BCUT2D eigenvalue weighted by Gasteiger charge is 2.41. The van der Waals surface area contributed by atoms with E-state index in [4.69, 9.17) is 4.74 Å². The number of carbonyl (C=O) groups is 2. The molecule has 1 aliphatic heterocycles. The number of carboxylic acid groups (broad SMARTS) is 1. The highest BCUT2D eigenvalue weighted by atomic mass is 19.4. The van der Waals surface area contributed by atoms with Crippen molar-refractivity contribution in [3.05, 3.63) is 59.7 Å². The molecule has 48 heavy (non-hydrogen) atoms. The predicted molar refractivity (Wildman–Crippen MR) is 161 cm³/mol. The zero-order chi connectivity index (χ0) is 35.0. The van der Waals surface area contributed by atoms with Crippen molar-refractivity contribution in [1.29, 1.82) is 0 Å². The van der Waals surface area contributed by atoms with Crippen molar-refractivity contribution in [2.45, 2.75) is 95.5 Å². The van der Waals surface area contributed by atoms with Gasteiger partial charge in [-0.25, -0.2) is 14.8 Å². The third kappa shape index (κ3) is 8.01. The molecule has 10 nitrogen and oxygen atoms in total. The van der Waals surface area contributed by atoms with Crippen molar-refractivity contribution in [3.63, 3.8) is 0 Å². The predicted octanol–water partition coefficient (Wildman–Crippen LogP) is 6.94. The number of hydrogen-bond donors (Lipinski definition) is 1. The largest absolute Gasteiger partial charge is 0.481 e. The molecule has 2 unspecified atom stereocenters. The summed E-state index contributed by atoms with van der Waals surface area (Å²) in [5.41, 5.74) is -1.74. The van der Waals surface area contributed by atoms with Crippen LogP contribution in [0.25, 0.3) is 11.1 Å². The number of piperidine rings is 1. The summed E-state index contributed by atoms with van der Waals surface area (Å²) < 4.78 is 89.6. The van der Waals surface area contributed by atoms with E-state index in [0.29, 0.717) is 61.8 Å². The van der Waals surface area contributed by atoms with Crippen molar-refractivity contribution in [1.82, 2.24) is 24.6 Å². The number of aliphatic carboxylic acids is 1. The number of carboxylic acids is 1. The summed E-state index contributed by atoms with van der Waals surface area (Å²) in [6, 6.07) is 0.167. The third-order valence-corrected chi connectivity index (χ3v) is 9.05. The van der Waals surface area contributed by atoms with Gasteiger partial charge in [0.1, 0.15) is 6.10 Å². The molecule has 1 aliphatic carbocycles. The monoisotopic (exact) mass is 682 g/mol. The molecule has 1 aromatic carbocycles. The summed E-state index contributed by atoms with van der Waals surface area (Å²) in [7, 11) is 1.74. The van der Waals surface area contributed by atoms with Crippen molar-refractivity contribution < 1.29 is 45.8 Å². The molecule has 1 amide bonds. The van der Waals surface area contributed by atoms with E-state index >= 15 is 0 Å². The first-order chi connectivity index (χ1) is 22.5. The summed E-state index contributed by atoms with van der Waals surface area (Å²) in [4.78, 5) is 36.7. The summed E-state index contributed by atoms with van der Waals surface area (Å²) in [5.74, 6) is -1.24. The lowest BCUT2D eigenvalue weighted by Gasteiger charge is -2.46. The van der Waals surface area contributed by atoms with Crippen LogP contribution >= 0.6 is 0 Å². The second-order valence-corrected chi connectivity index (χ2v) is 12.6. The van der Waals surface area contributed by atoms with Crippen LogP contribution in [0, 0.1) is 5.92 Å². The Labute approximate surface area is 272 Å². The molecule has 1 saturated heterocycles. The van der Waals surface area contributed by atoms with E-state index in [2.05, 4.69) is 15.1 Å². The van der Waals surface area contributed by atoms with Crippen molar-refractivity contribution >= 4 is 18.0 Å². The van der Waals surface area contributed by atoms with Crippen LogP contribution in [0.1, 0.15) is 69.1 Å². The lowest BCUT2D eigenvalue weighted by molar-refractivity contribution is -0.144. The van der Waals surface area contributed by atoms with Gasteiger partial charge in [-0.1, -0.05) is 0 Å². The number of aromatic nitrogens is 4. The molecule has 2 aliphatic rings. The second kappa shape index (κ2) is 13.6. The van der Waals surface area contributed by atoms with Crippen LogP contribution in [-0.2, 0) is 35.5 Å². The molecule has 5 rings (SSSR count). The van der Waals surface area contributed by atoms with Crippen molar-refractivity contribution in [2.75, 3.05) is 4.90 Å². The summed E-state index contributed by atoms with van der Waals surface area (Å²) >= 11 is 0. The number of ether oxygens (including phenoxy) is 1. The molecule has 3 heterocycles. The van der Waals surface area contributed by atoms with E-state index in [1.165, 1.54) is 12.4 Å². The maximum atomic E-state index is 13.7. The molecule has 2 fully saturated rings. The second-order valence-electron chi connectivity index (χ2n) is 12.6. The first-order valence-corrected chi connectivity index (χ1v) is 15.6. The molecule has 2 atom stereocenters. The van der Waals surface area contributed by atoms with E-state index in [0.717, 1.165) is 0 Å². The Bertz CT molecular complexity index is 1560. The highest BCUT2D eigenvalue weighted by molar-refractivity contribution is 5.70. The first kappa shape index (κ1) is 35.0. The molecule has 260 valence electrons. The van der Waals surface area contributed by atoms with Crippen molar-refractivity contribution in [3.8, 4) is 11.1 Å². The standard InChI is InChI=1S/C32H36F6N6O4/c1-18-8-26(9-19(2)44(18)30(47)48-27-6-4-21(5-7-27)28(45)46)43(29-39-13-22(14-40-29)23-15-41-42(3)17-23)16-20-10-24(31(33,34)35)12-25(11-20)32(36,37)38/h10-15,17-19,21,26-27H,4-9,16H2,1-3H3,(H,45,46). The number of hydrogen-bond acceptors (Lipinski definition) is 7. The van der Waals surface area contributed by atoms with Gasteiger partial charge in [-0.05, 0) is 76.1 Å². The number of halogens is 6. The molecule has 1 N–H and O–H groups in total. The van der Waals surface area contributed by atoms with Gasteiger partial charge in [0.15, 0.2) is 0 Å². The van der Waals surface area contributed by atoms with Gasteiger partial charge in [0.2, 0.25) is 5.95 Å². The zero-order valence-electron chi connectivity index (χ0n) is 26.5. The minimum Gasteiger partial charge on any atom is -0.481 e. The third-order valence-electron chi connectivity index (χ3n) is 9.05. The molecule has 16 heteroatoms. The van der Waals surface area contributed by atoms with Crippen LogP contribution in [0.15, 0.2) is 43.0 Å². The van der Waals surface area contributed by atoms with Gasteiger partial charge < -0.3 is 19.6 Å². The summed E-state index contributed by atoms with van der Waals surface area (Å²) in [5, 5.41) is 13.4. The maximum Gasteiger partial charge on any atom is 0.416 e. The number of benzene rings is 1. The van der Waals surface area contributed by atoms with E-state index < -0.39 is 65.7 Å². The molecule has 0 spiro atoms. The number of rotatable bonds is 7. The minimum absolute atomic E-state index is 0.0927. The average molecular weight is 683 g/mol. The highest BCUT2D eigenvalue weighted by Crippen LogP contribution is 2.38. The Morgan fingerprint density at radius 1 is 0.896 bits per heavy atom. The Morgan fingerprint density at radius 3 is 1.94 bits per heavy atom. The lowest BCUT2D eigenvalue weighted by atomic mass is 9.87. The Balaban J connectivity index is 1.41. The SMILES string of the molecule is CC1CC(N(Cc2cc(C(F)(F)F)cc(C(F)(F)F)c2)c2ncc(-c3cnn(C)c3)cn2)CC(C)N1C(=O)OC1CCC(C(=O)O)CC1. The van der Waals surface area contributed by atoms with E-state index in [-0.39, 0.29) is 24.1 Å². The fourth-order valence-electron chi connectivity index (χ4n) is 6.65. The number of nitrogens with zero attached hydrogens (tertiary/aromatic N) is 6. The molecule has 0 radical (unpaired) electrons. The smallest absolute Gasteiger partial charge is 0.416 e. The van der Waals surface area contributed by atoms with Gasteiger partial charge in [0.05, 0.1) is 23.2 Å². The molecular weight excluding hydrogens is 646 g/mol. The molecule has 1 saturated carbocycles.